The number of hydrogen-bond acceptors (Lipinski definition) is 1. The molecule has 0 N–H and O–H groups in total. The fourth-order valence-electron chi connectivity index (χ4n) is 6.20. The van der Waals surface area contributed by atoms with Crippen LogP contribution in [0.25, 0.3) is 0 Å². The highest BCUT2D eigenvalue weighted by atomic mass is 28.3. The molecule has 4 atom stereocenters. The summed E-state index contributed by atoms with van der Waals surface area (Å²) in [5.74, 6) is 2.02. The van der Waals surface area contributed by atoms with Gasteiger partial charge in [-0.15, -0.1) is 0 Å². The summed E-state index contributed by atoms with van der Waals surface area (Å²) in [6.07, 6.45) is 4.74. The average Bonchev–Trinajstić information content (AvgIpc) is 3.56. The Labute approximate surface area is 181 Å². The van der Waals surface area contributed by atoms with E-state index in [1.54, 1.807) is 0 Å². The Morgan fingerprint density at radius 3 is 1.67 bits per heavy atom. The lowest BCUT2D eigenvalue weighted by Gasteiger charge is -2.42. The molecule has 0 bridgehead atoms. The first kappa shape index (κ1) is 19.5. The van der Waals surface area contributed by atoms with Crippen LogP contribution in [0.2, 0.25) is 5.54 Å². The van der Waals surface area contributed by atoms with Crippen LogP contribution in [0, 0.1) is 17.8 Å². The van der Waals surface area contributed by atoms with Gasteiger partial charge in [-0.2, -0.15) is 0 Å². The van der Waals surface area contributed by atoms with Crippen molar-refractivity contribution < 1.29 is 4.79 Å². The van der Waals surface area contributed by atoms with Crippen LogP contribution in [-0.2, 0) is 4.79 Å². The van der Waals surface area contributed by atoms with Gasteiger partial charge >= 0.3 is 0 Å². The molecule has 30 heavy (non-hydrogen) atoms. The van der Waals surface area contributed by atoms with Crippen LogP contribution in [-0.4, -0.2) is 13.9 Å². The molecular formula is C28H30OSi. The standard InChI is InChI=1S/C28H30OSi/c1-2-3-19-24-25-20-26(25)27(29)28(24)30(21-13-7-4-8-14-21,22-15-9-5-10-16-22)23-17-11-6-12-18-23/h4-18,24-26,28H,2-3,19-20H2,1H3/t24-,25-,26-,28+/m0/s1. The summed E-state index contributed by atoms with van der Waals surface area (Å²) < 4.78 is 0. The fourth-order valence-corrected chi connectivity index (χ4v) is 12.1. The second kappa shape index (κ2) is 8.00. The number of fused-ring (bicyclic) bond motifs is 1. The van der Waals surface area contributed by atoms with Gasteiger partial charge in [0.1, 0.15) is 5.78 Å². The second-order valence-corrected chi connectivity index (χ2v) is 13.1. The number of benzene rings is 3. The normalized spacial score (nSPS) is 25.2. The van der Waals surface area contributed by atoms with Crippen molar-refractivity contribution in [3.05, 3.63) is 91.0 Å². The molecule has 3 aromatic carbocycles. The topological polar surface area (TPSA) is 17.1 Å². The van der Waals surface area contributed by atoms with Crippen LogP contribution in [0.5, 0.6) is 0 Å². The van der Waals surface area contributed by atoms with E-state index in [1.807, 2.05) is 0 Å². The van der Waals surface area contributed by atoms with E-state index >= 15 is 0 Å². The maximum absolute atomic E-state index is 13.9. The molecule has 0 spiro atoms. The Bertz CT molecular complexity index is 902. The molecule has 0 heterocycles. The molecule has 2 saturated carbocycles. The highest BCUT2D eigenvalue weighted by Gasteiger charge is 2.66. The number of hydrogen-bond donors (Lipinski definition) is 0. The van der Waals surface area contributed by atoms with Gasteiger partial charge in [-0.05, 0) is 40.2 Å². The zero-order valence-electron chi connectivity index (χ0n) is 17.7. The zero-order valence-corrected chi connectivity index (χ0v) is 18.7. The fraction of sp³-hybridized carbons (Fsp3) is 0.321. The maximum atomic E-state index is 13.9. The molecule has 2 aliphatic carbocycles. The first-order valence-corrected chi connectivity index (χ1v) is 13.6. The molecule has 0 amide bonds. The van der Waals surface area contributed by atoms with Crippen molar-refractivity contribution in [3.63, 3.8) is 0 Å². The molecule has 1 nitrogen and oxygen atoms in total. The molecule has 0 aliphatic heterocycles. The number of unbranched alkanes of at least 4 members (excludes halogenated alkanes) is 1. The smallest absolute Gasteiger partial charge is 0.158 e. The van der Waals surface area contributed by atoms with E-state index in [1.165, 1.54) is 34.8 Å². The van der Waals surface area contributed by atoms with Gasteiger partial charge < -0.3 is 0 Å². The third-order valence-electron chi connectivity index (χ3n) is 7.53. The van der Waals surface area contributed by atoms with Crippen molar-refractivity contribution in [2.45, 2.75) is 38.1 Å². The van der Waals surface area contributed by atoms with Crippen molar-refractivity contribution in [2.24, 2.45) is 17.8 Å². The summed E-state index contributed by atoms with van der Waals surface area (Å²) in [5.41, 5.74) is 0.139. The molecule has 152 valence electrons. The summed E-state index contributed by atoms with van der Waals surface area (Å²) in [7, 11) is -2.53. The lowest BCUT2D eigenvalue weighted by molar-refractivity contribution is -0.119. The number of rotatable bonds is 7. The first-order valence-electron chi connectivity index (χ1n) is 11.5. The predicted octanol–water partition coefficient (Wildman–Crippen LogP) is 4.55. The monoisotopic (exact) mass is 410 g/mol. The number of ketones is 1. The number of Topliss-reactive ketones (excluding diaryl/α,β-unsaturated/α-hetero) is 1. The number of carbonyl (C=O) groups is 1. The van der Waals surface area contributed by atoms with Gasteiger partial charge in [-0.3, -0.25) is 4.79 Å². The lowest BCUT2D eigenvalue weighted by Crippen LogP contribution is -2.71. The second-order valence-electron chi connectivity index (χ2n) is 9.10. The van der Waals surface area contributed by atoms with Gasteiger partial charge in [0.2, 0.25) is 0 Å². The summed E-state index contributed by atoms with van der Waals surface area (Å²) >= 11 is 0. The Balaban J connectivity index is 1.79. The molecule has 0 unspecified atom stereocenters. The zero-order chi connectivity index (χ0) is 20.6. The largest absolute Gasteiger partial charge is 0.299 e. The van der Waals surface area contributed by atoms with Crippen LogP contribution >= 0.6 is 0 Å². The minimum absolute atomic E-state index is 0.139. The van der Waals surface area contributed by atoms with E-state index in [-0.39, 0.29) is 5.54 Å². The van der Waals surface area contributed by atoms with Gasteiger partial charge in [-0.25, -0.2) is 0 Å². The van der Waals surface area contributed by atoms with Crippen LogP contribution < -0.4 is 15.6 Å². The highest BCUT2D eigenvalue weighted by molar-refractivity contribution is 7.14. The first-order chi connectivity index (χ1) is 14.8. The molecule has 5 rings (SSSR count). The van der Waals surface area contributed by atoms with E-state index in [2.05, 4.69) is 97.9 Å². The number of carbonyl (C=O) groups excluding carboxylic acids is 1. The Morgan fingerprint density at radius 1 is 0.767 bits per heavy atom. The molecule has 0 saturated heterocycles. The van der Waals surface area contributed by atoms with E-state index < -0.39 is 8.07 Å². The molecule has 0 radical (unpaired) electrons. The van der Waals surface area contributed by atoms with Gasteiger partial charge in [0, 0.05) is 11.5 Å². The van der Waals surface area contributed by atoms with Gasteiger partial charge in [0.05, 0.1) is 0 Å². The van der Waals surface area contributed by atoms with Gasteiger partial charge in [0.25, 0.3) is 0 Å². The van der Waals surface area contributed by atoms with Gasteiger partial charge in [0.15, 0.2) is 8.07 Å². The van der Waals surface area contributed by atoms with Crippen LogP contribution in [0.3, 0.4) is 0 Å². The van der Waals surface area contributed by atoms with Crippen LogP contribution in [0.1, 0.15) is 32.6 Å². The molecule has 0 aromatic heterocycles. The molecule has 2 heteroatoms. The van der Waals surface area contributed by atoms with Crippen molar-refractivity contribution in [2.75, 3.05) is 0 Å². The van der Waals surface area contributed by atoms with Crippen LogP contribution in [0.4, 0.5) is 0 Å². The van der Waals surface area contributed by atoms with Crippen LogP contribution in [0.15, 0.2) is 91.0 Å². The SMILES string of the molecule is CCCC[C@H]1[C@@H]2C[C@@H]2C(=O)[C@@H]1[Si](c1ccccc1)(c1ccccc1)c1ccccc1. The van der Waals surface area contributed by atoms with Crippen molar-refractivity contribution >= 4 is 29.4 Å². The summed E-state index contributed by atoms with van der Waals surface area (Å²) in [4.78, 5) is 13.9. The van der Waals surface area contributed by atoms with E-state index in [9.17, 15) is 4.79 Å². The Morgan fingerprint density at radius 2 is 1.23 bits per heavy atom. The predicted molar refractivity (Wildman–Crippen MR) is 127 cm³/mol. The molecule has 3 aromatic rings. The highest BCUT2D eigenvalue weighted by Crippen LogP contribution is 2.61. The third-order valence-corrected chi connectivity index (χ3v) is 12.9. The van der Waals surface area contributed by atoms with Gasteiger partial charge in [-0.1, -0.05) is 111 Å². The summed E-state index contributed by atoms with van der Waals surface area (Å²) in [5, 5.41) is 4.13. The summed E-state index contributed by atoms with van der Waals surface area (Å²) in [6, 6.07) is 33.0. The Hall–Kier alpha value is -2.45. The average molecular weight is 411 g/mol. The van der Waals surface area contributed by atoms with Crippen molar-refractivity contribution in [3.8, 4) is 0 Å². The molecule has 2 aliphatic rings. The Kier molecular flexibility index (Phi) is 5.20. The molecule has 2 fully saturated rings. The lowest BCUT2D eigenvalue weighted by atomic mass is 9.96. The quantitative estimate of drug-likeness (QED) is 0.412. The maximum Gasteiger partial charge on any atom is 0.158 e. The minimum Gasteiger partial charge on any atom is -0.299 e. The molecular weight excluding hydrogens is 380 g/mol. The van der Waals surface area contributed by atoms with Crippen molar-refractivity contribution in [1.29, 1.82) is 0 Å². The minimum atomic E-state index is -2.53. The van der Waals surface area contributed by atoms with Crippen molar-refractivity contribution in [1.82, 2.24) is 0 Å². The van der Waals surface area contributed by atoms with E-state index in [0.717, 1.165) is 6.42 Å². The summed E-state index contributed by atoms with van der Waals surface area (Å²) in [6.45, 7) is 2.27. The van der Waals surface area contributed by atoms with E-state index in [0.29, 0.717) is 23.5 Å². The third kappa shape index (κ3) is 3.01. The van der Waals surface area contributed by atoms with E-state index in [4.69, 9.17) is 0 Å².